The summed E-state index contributed by atoms with van der Waals surface area (Å²) in [5, 5.41) is 0. The van der Waals surface area contributed by atoms with Crippen LogP contribution in [0.2, 0.25) is 0 Å². The summed E-state index contributed by atoms with van der Waals surface area (Å²) in [6.07, 6.45) is 8.57. The van der Waals surface area contributed by atoms with Crippen molar-refractivity contribution < 1.29 is 0 Å². The molecule has 2 atom stereocenters. The van der Waals surface area contributed by atoms with Gasteiger partial charge in [-0.05, 0) is 25.7 Å². The van der Waals surface area contributed by atoms with Crippen LogP contribution in [0, 0.1) is 0 Å². The summed E-state index contributed by atoms with van der Waals surface area (Å²) in [4.78, 5) is 0. The Morgan fingerprint density at radius 1 is 0.636 bits per heavy atom. The monoisotopic (exact) mass is 156 g/mol. The van der Waals surface area contributed by atoms with Gasteiger partial charge in [0, 0.05) is 12.1 Å². The fourth-order valence-electron chi connectivity index (χ4n) is 1.71. The molecule has 4 N–H and O–H groups in total. The standard InChI is InChI=1S/C9H20N2/c10-8-4-2-1-3-5-9(11)7-6-8/h8-9H,1-7,10-11H2. The second-order valence-electron chi connectivity index (χ2n) is 3.74. The fraction of sp³-hybridized carbons (Fsp3) is 1.00. The Kier molecular flexibility index (Phi) is 3.87. The largest absolute Gasteiger partial charge is 0.328 e. The first-order chi connectivity index (χ1) is 5.29. The van der Waals surface area contributed by atoms with Crippen LogP contribution in [0.4, 0.5) is 0 Å². The van der Waals surface area contributed by atoms with Crippen LogP contribution in [0.25, 0.3) is 0 Å². The van der Waals surface area contributed by atoms with Gasteiger partial charge in [-0.25, -0.2) is 0 Å². The molecule has 0 aromatic carbocycles. The highest BCUT2D eigenvalue weighted by Gasteiger charge is 2.09. The van der Waals surface area contributed by atoms with E-state index in [9.17, 15) is 0 Å². The fourth-order valence-corrected chi connectivity index (χ4v) is 1.71. The molecule has 1 saturated carbocycles. The van der Waals surface area contributed by atoms with Gasteiger partial charge in [0.2, 0.25) is 0 Å². The molecule has 11 heavy (non-hydrogen) atoms. The third kappa shape index (κ3) is 3.73. The third-order valence-corrected chi connectivity index (χ3v) is 2.56. The molecule has 1 aliphatic rings. The molecule has 0 amide bonds. The van der Waals surface area contributed by atoms with E-state index in [1.165, 1.54) is 32.1 Å². The maximum absolute atomic E-state index is 5.88. The maximum atomic E-state index is 5.88. The van der Waals surface area contributed by atoms with E-state index in [0.717, 1.165) is 12.8 Å². The van der Waals surface area contributed by atoms with Gasteiger partial charge in [-0.2, -0.15) is 0 Å². The zero-order chi connectivity index (χ0) is 8.10. The number of rotatable bonds is 0. The van der Waals surface area contributed by atoms with E-state index < -0.39 is 0 Å². The summed E-state index contributed by atoms with van der Waals surface area (Å²) in [5.74, 6) is 0. The Labute approximate surface area is 69.3 Å². The number of hydrogen-bond acceptors (Lipinski definition) is 2. The molecule has 1 rings (SSSR count). The molecule has 0 aliphatic heterocycles. The van der Waals surface area contributed by atoms with Crippen molar-refractivity contribution in [3.8, 4) is 0 Å². The van der Waals surface area contributed by atoms with Gasteiger partial charge in [0.05, 0.1) is 0 Å². The van der Waals surface area contributed by atoms with Crippen LogP contribution in [0.1, 0.15) is 44.9 Å². The Balaban J connectivity index is 2.25. The summed E-state index contributed by atoms with van der Waals surface area (Å²) < 4.78 is 0. The van der Waals surface area contributed by atoms with Gasteiger partial charge in [-0.3, -0.25) is 0 Å². The summed E-state index contributed by atoms with van der Waals surface area (Å²) >= 11 is 0. The second-order valence-corrected chi connectivity index (χ2v) is 3.74. The van der Waals surface area contributed by atoms with Crippen molar-refractivity contribution in [1.82, 2.24) is 0 Å². The highest BCUT2D eigenvalue weighted by Crippen LogP contribution is 2.14. The Hall–Kier alpha value is -0.0800. The lowest BCUT2D eigenvalue weighted by Gasteiger charge is -2.11. The van der Waals surface area contributed by atoms with Crippen LogP contribution in [-0.4, -0.2) is 12.1 Å². The average Bonchev–Trinajstić information content (AvgIpc) is 2.06. The van der Waals surface area contributed by atoms with Crippen LogP contribution in [0.5, 0.6) is 0 Å². The number of nitrogens with two attached hydrogens (primary N) is 2. The zero-order valence-electron chi connectivity index (χ0n) is 7.26. The first-order valence-electron chi connectivity index (χ1n) is 4.80. The minimum absolute atomic E-state index is 0.416. The van der Waals surface area contributed by atoms with Gasteiger partial charge >= 0.3 is 0 Å². The lowest BCUT2D eigenvalue weighted by atomic mass is 10.0. The van der Waals surface area contributed by atoms with E-state index in [1.54, 1.807) is 0 Å². The molecule has 0 heterocycles. The molecule has 0 saturated heterocycles. The third-order valence-electron chi connectivity index (χ3n) is 2.56. The molecule has 1 aliphatic carbocycles. The van der Waals surface area contributed by atoms with Crippen LogP contribution < -0.4 is 11.5 Å². The summed E-state index contributed by atoms with van der Waals surface area (Å²) in [5.41, 5.74) is 11.8. The van der Waals surface area contributed by atoms with E-state index in [2.05, 4.69) is 0 Å². The van der Waals surface area contributed by atoms with Crippen molar-refractivity contribution in [2.24, 2.45) is 11.5 Å². The topological polar surface area (TPSA) is 52.0 Å². The first kappa shape index (κ1) is 9.01. The smallest absolute Gasteiger partial charge is 0.00394 e. The van der Waals surface area contributed by atoms with Crippen LogP contribution in [-0.2, 0) is 0 Å². The lowest BCUT2D eigenvalue weighted by Crippen LogP contribution is -2.25. The summed E-state index contributed by atoms with van der Waals surface area (Å²) in [6, 6.07) is 0.832. The molecule has 66 valence electrons. The summed E-state index contributed by atoms with van der Waals surface area (Å²) in [6.45, 7) is 0. The molecular weight excluding hydrogens is 136 g/mol. The van der Waals surface area contributed by atoms with Gasteiger partial charge in [-0.15, -0.1) is 0 Å². The predicted molar refractivity (Wildman–Crippen MR) is 48.3 cm³/mol. The molecule has 0 spiro atoms. The second kappa shape index (κ2) is 4.73. The van der Waals surface area contributed by atoms with Crippen LogP contribution in [0.15, 0.2) is 0 Å². The van der Waals surface area contributed by atoms with Crippen molar-refractivity contribution in [2.45, 2.75) is 57.0 Å². The quantitative estimate of drug-likeness (QED) is 0.557. The Morgan fingerprint density at radius 3 is 1.55 bits per heavy atom. The minimum atomic E-state index is 0.416. The van der Waals surface area contributed by atoms with E-state index in [-0.39, 0.29) is 0 Å². The minimum Gasteiger partial charge on any atom is -0.328 e. The van der Waals surface area contributed by atoms with E-state index in [0.29, 0.717) is 12.1 Å². The van der Waals surface area contributed by atoms with E-state index >= 15 is 0 Å². The Morgan fingerprint density at radius 2 is 1.09 bits per heavy atom. The molecular formula is C9H20N2. The normalized spacial score (nSPS) is 35.5. The van der Waals surface area contributed by atoms with Gasteiger partial charge in [-0.1, -0.05) is 19.3 Å². The molecule has 0 bridgehead atoms. The number of hydrogen-bond donors (Lipinski definition) is 2. The lowest BCUT2D eigenvalue weighted by molar-refractivity contribution is 0.502. The zero-order valence-corrected chi connectivity index (χ0v) is 7.26. The van der Waals surface area contributed by atoms with Crippen molar-refractivity contribution in [3.63, 3.8) is 0 Å². The van der Waals surface area contributed by atoms with Crippen molar-refractivity contribution >= 4 is 0 Å². The van der Waals surface area contributed by atoms with Crippen molar-refractivity contribution in [2.75, 3.05) is 0 Å². The summed E-state index contributed by atoms with van der Waals surface area (Å²) in [7, 11) is 0. The van der Waals surface area contributed by atoms with E-state index in [1.807, 2.05) is 0 Å². The molecule has 0 aromatic rings. The van der Waals surface area contributed by atoms with Crippen molar-refractivity contribution in [1.29, 1.82) is 0 Å². The predicted octanol–water partition coefficient (Wildman–Crippen LogP) is 1.39. The van der Waals surface area contributed by atoms with Gasteiger partial charge in [0.1, 0.15) is 0 Å². The molecule has 2 nitrogen and oxygen atoms in total. The van der Waals surface area contributed by atoms with Crippen molar-refractivity contribution in [3.05, 3.63) is 0 Å². The van der Waals surface area contributed by atoms with Gasteiger partial charge in [0.15, 0.2) is 0 Å². The molecule has 1 fully saturated rings. The van der Waals surface area contributed by atoms with Crippen LogP contribution >= 0.6 is 0 Å². The molecule has 0 radical (unpaired) electrons. The Bertz CT molecular complexity index is 91.7. The first-order valence-corrected chi connectivity index (χ1v) is 4.80. The maximum Gasteiger partial charge on any atom is 0.00394 e. The van der Waals surface area contributed by atoms with E-state index in [4.69, 9.17) is 11.5 Å². The highest BCUT2D eigenvalue weighted by atomic mass is 14.7. The molecule has 2 unspecified atom stereocenters. The SMILES string of the molecule is NC1CCCCCC(N)CC1. The van der Waals surface area contributed by atoms with Gasteiger partial charge < -0.3 is 11.5 Å². The van der Waals surface area contributed by atoms with Crippen LogP contribution in [0.3, 0.4) is 0 Å². The van der Waals surface area contributed by atoms with Gasteiger partial charge in [0.25, 0.3) is 0 Å². The molecule has 2 heteroatoms. The highest BCUT2D eigenvalue weighted by molar-refractivity contribution is 4.70. The molecule has 0 aromatic heterocycles. The average molecular weight is 156 g/mol.